The molecule has 2 aromatic carbocycles. The van der Waals surface area contributed by atoms with Crippen LogP contribution >= 0.6 is 11.6 Å². The van der Waals surface area contributed by atoms with Crippen molar-refractivity contribution in [2.75, 3.05) is 17.2 Å². The van der Waals surface area contributed by atoms with Gasteiger partial charge in [0.1, 0.15) is 11.6 Å². The summed E-state index contributed by atoms with van der Waals surface area (Å²) in [7, 11) is 0. The lowest BCUT2D eigenvalue weighted by Gasteiger charge is -2.20. The summed E-state index contributed by atoms with van der Waals surface area (Å²) in [5.74, 6) is 0.0447. The molecule has 1 heterocycles. The summed E-state index contributed by atoms with van der Waals surface area (Å²) in [6, 6.07) is 9.82. The number of hydrogen-bond donors (Lipinski definition) is 2. The third kappa shape index (κ3) is 2.92. The molecule has 0 aliphatic carbocycles. The molecule has 108 valence electrons. The van der Waals surface area contributed by atoms with Gasteiger partial charge in [-0.2, -0.15) is 0 Å². The predicted molar refractivity (Wildman–Crippen MR) is 79.3 cm³/mol. The molecule has 0 saturated heterocycles. The van der Waals surface area contributed by atoms with Gasteiger partial charge in [0.2, 0.25) is 0 Å². The fourth-order valence-corrected chi connectivity index (χ4v) is 2.30. The number of hydrogen-bond acceptors (Lipinski definition) is 3. The third-order valence-corrected chi connectivity index (χ3v) is 3.44. The first-order chi connectivity index (χ1) is 10.1. The van der Waals surface area contributed by atoms with Gasteiger partial charge < -0.3 is 15.4 Å². The Balaban J connectivity index is 1.80. The van der Waals surface area contributed by atoms with Crippen LogP contribution in [0.2, 0.25) is 5.02 Å². The molecule has 0 spiro atoms. The minimum absolute atomic E-state index is 0.0264. The molecule has 0 unspecified atom stereocenters. The molecule has 21 heavy (non-hydrogen) atoms. The number of benzene rings is 2. The van der Waals surface area contributed by atoms with Gasteiger partial charge >= 0.3 is 0 Å². The molecule has 0 aromatic heterocycles. The summed E-state index contributed by atoms with van der Waals surface area (Å²) in [5, 5.41) is 6.17. The first kappa shape index (κ1) is 13.7. The van der Waals surface area contributed by atoms with Crippen LogP contribution in [0.5, 0.6) is 5.75 Å². The molecule has 3 rings (SSSR count). The molecule has 0 radical (unpaired) electrons. The van der Waals surface area contributed by atoms with Gasteiger partial charge in [0.15, 0.2) is 6.61 Å². The van der Waals surface area contributed by atoms with E-state index in [1.165, 1.54) is 6.07 Å². The Morgan fingerprint density at radius 1 is 1.33 bits per heavy atom. The number of carbonyl (C=O) groups excluding carboxylic acids is 1. The van der Waals surface area contributed by atoms with Crippen molar-refractivity contribution in [2.45, 2.75) is 6.54 Å². The number of rotatable bonds is 3. The van der Waals surface area contributed by atoms with Crippen LogP contribution in [0.25, 0.3) is 0 Å². The molecule has 0 bridgehead atoms. The normalized spacial score (nSPS) is 13.1. The first-order valence-corrected chi connectivity index (χ1v) is 6.75. The van der Waals surface area contributed by atoms with E-state index in [-0.39, 0.29) is 18.3 Å². The van der Waals surface area contributed by atoms with Crippen molar-refractivity contribution in [1.29, 1.82) is 0 Å². The smallest absolute Gasteiger partial charge is 0.262 e. The van der Waals surface area contributed by atoms with Gasteiger partial charge in [-0.3, -0.25) is 4.79 Å². The zero-order valence-corrected chi connectivity index (χ0v) is 11.7. The molecule has 0 saturated carbocycles. The first-order valence-electron chi connectivity index (χ1n) is 6.37. The monoisotopic (exact) mass is 306 g/mol. The van der Waals surface area contributed by atoms with Gasteiger partial charge in [0.25, 0.3) is 5.91 Å². The topological polar surface area (TPSA) is 50.4 Å². The summed E-state index contributed by atoms with van der Waals surface area (Å²) in [6.07, 6.45) is 0. The van der Waals surface area contributed by atoms with Crippen LogP contribution in [0.3, 0.4) is 0 Å². The van der Waals surface area contributed by atoms with Crippen LogP contribution in [-0.2, 0) is 11.3 Å². The molecule has 1 aliphatic rings. The number of nitrogens with one attached hydrogen (secondary N) is 2. The molecular formula is C15H12ClFN2O2. The van der Waals surface area contributed by atoms with Gasteiger partial charge in [0.05, 0.1) is 16.4 Å². The molecule has 0 atom stereocenters. The van der Waals surface area contributed by atoms with E-state index < -0.39 is 0 Å². The molecule has 4 nitrogen and oxygen atoms in total. The number of amides is 1. The highest BCUT2D eigenvalue weighted by atomic mass is 35.5. The van der Waals surface area contributed by atoms with Gasteiger partial charge in [0, 0.05) is 18.2 Å². The number of fused-ring (bicyclic) bond motifs is 1. The Morgan fingerprint density at radius 2 is 2.14 bits per heavy atom. The summed E-state index contributed by atoms with van der Waals surface area (Å²) < 4.78 is 18.9. The molecule has 0 fully saturated rings. The van der Waals surface area contributed by atoms with Crippen molar-refractivity contribution in [3.05, 3.63) is 52.8 Å². The number of halogens is 2. The SMILES string of the molecule is O=C1COc2cc(NCc3ccccc3F)c(Cl)cc2N1. The minimum atomic E-state index is -0.275. The largest absolute Gasteiger partial charge is 0.482 e. The average Bonchev–Trinajstić information content (AvgIpc) is 2.46. The maximum atomic E-state index is 13.6. The van der Waals surface area contributed by atoms with Crippen molar-refractivity contribution in [3.63, 3.8) is 0 Å². The van der Waals surface area contributed by atoms with Crippen molar-refractivity contribution in [2.24, 2.45) is 0 Å². The highest BCUT2D eigenvalue weighted by molar-refractivity contribution is 6.33. The van der Waals surface area contributed by atoms with Crippen LogP contribution in [-0.4, -0.2) is 12.5 Å². The Bertz CT molecular complexity index is 706. The molecule has 6 heteroatoms. The van der Waals surface area contributed by atoms with Crippen LogP contribution in [0.4, 0.5) is 15.8 Å². The van der Waals surface area contributed by atoms with Gasteiger partial charge in [-0.25, -0.2) is 4.39 Å². The second kappa shape index (κ2) is 5.61. The van der Waals surface area contributed by atoms with E-state index in [1.807, 2.05) is 0 Å². The maximum Gasteiger partial charge on any atom is 0.262 e. The van der Waals surface area contributed by atoms with E-state index >= 15 is 0 Å². The molecule has 2 N–H and O–H groups in total. The van der Waals surface area contributed by atoms with Gasteiger partial charge in [-0.05, 0) is 12.1 Å². The van der Waals surface area contributed by atoms with E-state index in [2.05, 4.69) is 10.6 Å². The second-order valence-electron chi connectivity index (χ2n) is 4.61. The van der Waals surface area contributed by atoms with E-state index in [4.69, 9.17) is 16.3 Å². The van der Waals surface area contributed by atoms with Crippen molar-refractivity contribution >= 4 is 28.9 Å². The standard InChI is InChI=1S/C15H12ClFN2O2/c16-10-5-13-14(21-8-15(20)19-13)6-12(10)18-7-9-3-1-2-4-11(9)17/h1-6,18H,7-8H2,(H,19,20). The number of carbonyl (C=O) groups is 1. The van der Waals surface area contributed by atoms with Crippen molar-refractivity contribution in [1.82, 2.24) is 0 Å². The van der Waals surface area contributed by atoms with Crippen LogP contribution in [0.1, 0.15) is 5.56 Å². The fraction of sp³-hybridized carbons (Fsp3) is 0.133. The highest BCUT2D eigenvalue weighted by Crippen LogP contribution is 2.36. The summed E-state index contributed by atoms with van der Waals surface area (Å²) in [6.45, 7) is 0.277. The van der Waals surface area contributed by atoms with Gasteiger partial charge in [-0.1, -0.05) is 29.8 Å². The molecule has 2 aromatic rings. The average molecular weight is 307 g/mol. The summed E-state index contributed by atoms with van der Waals surface area (Å²) in [4.78, 5) is 11.2. The van der Waals surface area contributed by atoms with E-state index in [1.54, 1.807) is 30.3 Å². The molecule has 1 amide bonds. The van der Waals surface area contributed by atoms with E-state index in [0.29, 0.717) is 34.3 Å². The Morgan fingerprint density at radius 3 is 2.95 bits per heavy atom. The molecular weight excluding hydrogens is 295 g/mol. The number of anilines is 2. The zero-order chi connectivity index (χ0) is 14.8. The van der Waals surface area contributed by atoms with Crippen LogP contribution < -0.4 is 15.4 Å². The Kier molecular flexibility index (Phi) is 3.66. The van der Waals surface area contributed by atoms with E-state index in [9.17, 15) is 9.18 Å². The fourth-order valence-electron chi connectivity index (χ4n) is 2.07. The summed E-state index contributed by atoms with van der Waals surface area (Å²) >= 11 is 6.15. The Hall–Kier alpha value is -2.27. The van der Waals surface area contributed by atoms with Crippen LogP contribution in [0.15, 0.2) is 36.4 Å². The van der Waals surface area contributed by atoms with Crippen molar-refractivity contribution in [3.8, 4) is 5.75 Å². The minimum Gasteiger partial charge on any atom is -0.482 e. The Labute approximate surface area is 125 Å². The lowest BCUT2D eigenvalue weighted by Crippen LogP contribution is -2.25. The third-order valence-electron chi connectivity index (χ3n) is 3.13. The lowest BCUT2D eigenvalue weighted by atomic mass is 10.2. The highest BCUT2D eigenvalue weighted by Gasteiger charge is 2.18. The van der Waals surface area contributed by atoms with Gasteiger partial charge in [-0.15, -0.1) is 0 Å². The predicted octanol–water partition coefficient (Wildman–Crippen LogP) is 3.42. The summed E-state index contributed by atoms with van der Waals surface area (Å²) in [5.41, 5.74) is 1.70. The second-order valence-corrected chi connectivity index (χ2v) is 5.02. The maximum absolute atomic E-state index is 13.6. The van der Waals surface area contributed by atoms with Crippen molar-refractivity contribution < 1.29 is 13.9 Å². The number of ether oxygens (including phenoxy) is 1. The quantitative estimate of drug-likeness (QED) is 0.913. The lowest BCUT2D eigenvalue weighted by molar-refractivity contribution is -0.118. The van der Waals surface area contributed by atoms with E-state index in [0.717, 1.165) is 0 Å². The molecule has 1 aliphatic heterocycles. The zero-order valence-electron chi connectivity index (χ0n) is 11.0. The van der Waals surface area contributed by atoms with Crippen LogP contribution in [0, 0.1) is 5.82 Å².